The second-order valence-corrected chi connectivity index (χ2v) is 7.22. The Morgan fingerprint density at radius 2 is 2.10 bits per heavy atom. The molecule has 0 spiro atoms. The van der Waals surface area contributed by atoms with Gasteiger partial charge in [0.05, 0.1) is 16.0 Å². The third-order valence-corrected chi connectivity index (χ3v) is 5.38. The van der Waals surface area contributed by atoms with Crippen LogP contribution in [-0.2, 0) is 16.6 Å². The minimum Gasteiger partial charge on any atom is -0.478 e. The van der Waals surface area contributed by atoms with E-state index in [0.29, 0.717) is 11.1 Å². The maximum atomic E-state index is 12.4. The normalized spacial score (nSPS) is 11.5. The topological polar surface area (TPSA) is 96.4 Å². The largest absolute Gasteiger partial charge is 0.478 e. The van der Waals surface area contributed by atoms with Crippen molar-refractivity contribution in [2.75, 3.05) is 0 Å². The van der Waals surface area contributed by atoms with Crippen LogP contribution < -0.4 is 4.72 Å². The maximum Gasteiger partial charge on any atom is 0.335 e. The summed E-state index contributed by atoms with van der Waals surface area (Å²) in [5.74, 6) is -1.16. The van der Waals surface area contributed by atoms with Crippen LogP contribution in [-0.4, -0.2) is 24.5 Å². The lowest BCUT2D eigenvalue weighted by Crippen LogP contribution is -2.24. The molecule has 0 aliphatic carbocycles. The van der Waals surface area contributed by atoms with E-state index in [2.05, 4.69) is 9.71 Å². The molecule has 2 N–H and O–H groups in total. The molecule has 0 aliphatic heterocycles. The van der Waals surface area contributed by atoms with Gasteiger partial charge in [-0.15, -0.1) is 11.3 Å². The van der Waals surface area contributed by atoms with Gasteiger partial charge in [0.2, 0.25) is 10.0 Å². The first kappa shape index (κ1) is 15.6. The molecule has 21 heavy (non-hydrogen) atoms. The number of aromatic nitrogens is 1. The fourth-order valence-corrected chi connectivity index (χ4v) is 3.78. The van der Waals surface area contributed by atoms with Gasteiger partial charge in [-0.05, 0) is 37.1 Å². The van der Waals surface area contributed by atoms with Gasteiger partial charge in [-0.2, -0.15) is 0 Å². The van der Waals surface area contributed by atoms with Crippen LogP contribution in [0.3, 0.4) is 0 Å². The second-order valence-electron chi connectivity index (χ2n) is 4.51. The molecule has 0 aliphatic rings. The van der Waals surface area contributed by atoms with Gasteiger partial charge in [0.25, 0.3) is 0 Å². The van der Waals surface area contributed by atoms with Crippen LogP contribution in [0.2, 0.25) is 0 Å². The molecular weight excluding hydrogens is 312 g/mol. The number of aryl methyl sites for hydroxylation is 1. The number of aromatic carboxylic acids is 1. The zero-order valence-corrected chi connectivity index (χ0v) is 13.1. The predicted molar refractivity (Wildman–Crippen MR) is 79.0 cm³/mol. The number of carboxylic acids is 1. The predicted octanol–water partition coefficient (Wildman–Crippen LogP) is 1.94. The highest BCUT2D eigenvalue weighted by Gasteiger charge is 2.20. The van der Waals surface area contributed by atoms with Crippen LogP contribution in [0, 0.1) is 13.8 Å². The summed E-state index contributed by atoms with van der Waals surface area (Å²) in [5.41, 5.74) is 2.73. The van der Waals surface area contributed by atoms with E-state index >= 15 is 0 Å². The standard InChI is InChI=1S/C13H14N2O4S2/c1-8-3-10(13(16)17)4-12(9(8)2)21(18,19)15-6-11-5-14-7-20-11/h3-5,7,15H,6H2,1-2H3,(H,16,17). The summed E-state index contributed by atoms with van der Waals surface area (Å²) in [6, 6.07) is 2.64. The number of hydrogen-bond donors (Lipinski definition) is 2. The van der Waals surface area contributed by atoms with Crippen molar-refractivity contribution in [3.8, 4) is 0 Å². The van der Waals surface area contributed by atoms with Crippen LogP contribution in [0.25, 0.3) is 0 Å². The number of sulfonamides is 1. The van der Waals surface area contributed by atoms with Crippen molar-refractivity contribution in [3.05, 3.63) is 45.4 Å². The van der Waals surface area contributed by atoms with Crippen molar-refractivity contribution in [3.63, 3.8) is 0 Å². The zero-order chi connectivity index (χ0) is 15.6. The molecular formula is C13H14N2O4S2. The van der Waals surface area contributed by atoms with Crippen molar-refractivity contribution in [2.45, 2.75) is 25.3 Å². The van der Waals surface area contributed by atoms with Gasteiger partial charge in [-0.1, -0.05) is 0 Å². The van der Waals surface area contributed by atoms with Crippen LogP contribution in [0.15, 0.2) is 28.7 Å². The first-order chi connectivity index (χ1) is 9.81. The molecule has 0 fully saturated rings. The highest BCUT2D eigenvalue weighted by Crippen LogP contribution is 2.21. The summed E-state index contributed by atoms with van der Waals surface area (Å²) < 4.78 is 27.2. The minimum absolute atomic E-state index is 0.00980. The quantitative estimate of drug-likeness (QED) is 0.875. The lowest BCUT2D eigenvalue weighted by molar-refractivity contribution is 0.0696. The van der Waals surface area contributed by atoms with E-state index in [-0.39, 0.29) is 17.0 Å². The van der Waals surface area contributed by atoms with E-state index in [0.717, 1.165) is 4.88 Å². The Morgan fingerprint density at radius 1 is 1.38 bits per heavy atom. The van der Waals surface area contributed by atoms with E-state index in [1.807, 2.05) is 0 Å². The van der Waals surface area contributed by atoms with E-state index < -0.39 is 16.0 Å². The van der Waals surface area contributed by atoms with Crippen LogP contribution >= 0.6 is 11.3 Å². The lowest BCUT2D eigenvalue weighted by Gasteiger charge is -2.12. The summed E-state index contributed by atoms with van der Waals surface area (Å²) in [5, 5.41) is 9.05. The number of carboxylic acid groups (broad SMARTS) is 1. The molecule has 1 heterocycles. The monoisotopic (exact) mass is 326 g/mol. The molecule has 2 aromatic rings. The van der Waals surface area contributed by atoms with E-state index in [9.17, 15) is 13.2 Å². The Hall–Kier alpha value is -1.77. The Bertz CT molecular complexity index is 768. The van der Waals surface area contributed by atoms with Crippen molar-refractivity contribution in [2.24, 2.45) is 0 Å². The number of rotatable bonds is 5. The Balaban J connectivity index is 2.37. The molecule has 0 radical (unpaired) electrons. The average Bonchev–Trinajstić information content (AvgIpc) is 2.92. The first-order valence-electron chi connectivity index (χ1n) is 6.03. The minimum atomic E-state index is -3.78. The van der Waals surface area contributed by atoms with E-state index in [1.165, 1.54) is 23.5 Å². The highest BCUT2D eigenvalue weighted by atomic mass is 32.2. The molecule has 1 aromatic carbocycles. The van der Waals surface area contributed by atoms with Crippen molar-refractivity contribution >= 4 is 27.3 Å². The summed E-state index contributed by atoms with van der Waals surface area (Å²) in [6.07, 6.45) is 1.58. The lowest BCUT2D eigenvalue weighted by atomic mass is 10.1. The number of nitrogens with one attached hydrogen (secondary N) is 1. The van der Waals surface area contributed by atoms with Crippen LogP contribution in [0.1, 0.15) is 26.4 Å². The van der Waals surface area contributed by atoms with Gasteiger partial charge in [0, 0.05) is 17.6 Å². The molecule has 0 unspecified atom stereocenters. The van der Waals surface area contributed by atoms with E-state index in [1.54, 1.807) is 25.6 Å². The molecule has 2 rings (SSSR count). The average molecular weight is 326 g/mol. The van der Waals surface area contributed by atoms with Gasteiger partial charge in [-0.25, -0.2) is 17.9 Å². The fraction of sp³-hybridized carbons (Fsp3) is 0.231. The summed E-state index contributed by atoms with van der Waals surface area (Å²) >= 11 is 1.34. The Kier molecular flexibility index (Phi) is 4.40. The number of hydrogen-bond acceptors (Lipinski definition) is 5. The number of carbonyl (C=O) groups is 1. The Labute approximate surface area is 126 Å². The molecule has 0 saturated heterocycles. The highest BCUT2D eigenvalue weighted by molar-refractivity contribution is 7.89. The van der Waals surface area contributed by atoms with Gasteiger partial charge in [-0.3, -0.25) is 4.98 Å². The third-order valence-electron chi connectivity index (χ3n) is 3.08. The van der Waals surface area contributed by atoms with Gasteiger partial charge >= 0.3 is 5.97 Å². The molecule has 0 amide bonds. The van der Waals surface area contributed by atoms with Gasteiger partial charge < -0.3 is 5.11 Å². The van der Waals surface area contributed by atoms with Gasteiger partial charge in [0.15, 0.2) is 0 Å². The molecule has 0 atom stereocenters. The molecule has 0 saturated carbocycles. The molecule has 0 bridgehead atoms. The summed E-state index contributed by atoms with van der Waals surface area (Å²) in [4.78, 5) is 15.7. The second kappa shape index (κ2) is 5.92. The van der Waals surface area contributed by atoms with Gasteiger partial charge in [0.1, 0.15) is 0 Å². The number of nitrogens with zero attached hydrogens (tertiary/aromatic N) is 1. The first-order valence-corrected chi connectivity index (χ1v) is 8.39. The number of benzene rings is 1. The molecule has 1 aromatic heterocycles. The summed E-state index contributed by atoms with van der Waals surface area (Å²) in [7, 11) is -3.78. The van der Waals surface area contributed by atoms with Crippen molar-refractivity contribution in [1.29, 1.82) is 0 Å². The van der Waals surface area contributed by atoms with Crippen molar-refractivity contribution in [1.82, 2.24) is 9.71 Å². The fourth-order valence-electron chi connectivity index (χ4n) is 1.80. The molecule has 8 heteroatoms. The molecule has 112 valence electrons. The zero-order valence-electron chi connectivity index (χ0n) is 11.5. The maximum absolute atomic E-state index is 12.4. The molecule has 6 nitrogen and oxygen atoms in total. The van der Waals surface area contributed by atoms with Crippen LogP contribution in [0.4, 0.5) is 0 Å². The third kappa shape index (κ3) is 3.46. The smallest absolute Gasteiger partial charge is 0.335 e. The SMILES string of the molecule is Cc1cc(C(=O)O)cc(S(=O)(=O)NCc2cncs2)c1C. The van der Waals surface area contributed by atoms with Crippen molar-refractivity contribution < 1.29 is 18.3 Å². The number of thiazole rings is 1. The van der Waals surface area contributed by atoms with Crippen LogP contribution in [0.5, 0.6) is 0 Å². The Morgan fingerprint density at radius 3 is 2.67 bits per heavy atom. The summed E-state index contributed by atoms with van der Waals surface area (Å²) in [6.45, 7) is 3.47. The van der Waals surface area contributed by atoms with E-state index in [4.69, 9.17) is 5.11 Å².